The van der Waals surface area contributed by atoms with Gasteiger partial charge in [-0.15, -0.1) is 0 Å². The van der Waals surface area contributed by atoms with Crippen molar-refractivity contribution in [3.05, 3.63) is 35.4 Å². The fraction of sp³-hybridized carbons (Fsp3) is 0.600. The van der Waals surface area contributed by atoms with Crippen LogP contribution in [0, 0.1) is 18.8 Å². The Morgan fingerprint density at radius 1 is 1.25 bits per heavy atom. The molecule has 1 nitrogen and oxygen atoms in total. The molecule has 2 saturated carbocycles. The quantitative estimate of drug-likeness (QED) is 0.823. The van der Waals surface area contributed by atoms with E-state index in [0.29, 0.717) is 11.8 Å². The van der Waals surface area contributed by atoms with Gasteiger partial charge >= 0.3 is 0 Å². The van der Waals surface area contributed by atoms with Crippen LogP contribution in [0.3, 0.4) is 0 Å². The molecule has 2 aliphatic rings. The number of rotatable bonds is 3. The van der Waals surface area contributed by atoms with Gasteiger partial charge in [0.15, 0.2) is 0 Å². The van der Waals surface area contributed by atoms with Crippen LogP contribution in [0.15, 0.2) is 24.3 Å². The first kappa shape index (κ1) is 10.3. The van der Waals surface area contributed by atoms with Crippen LogP contribution in [0.5, 0.6) is 0 Å². The molecule has 1 N–H and O–H groups in total. The summed E-state index contributed by atoms with van der Waals surface area (Å²) >= 11 is 0. The maximum atomic E-state index is 10.5. The smallest absolute Gasteiger partial charge is 0.0714 e. The van der Waals surface area contributed by atoms with Crippen LogP contribution in [0.4, 0.5) is 0 Å². The molecule has 86 valence electrons. The van der Waals surface area contributed by atoms with Crippen molar-refractivity contribution in [1.82, 2.24) is 0 Å². The van der Waals surface area contributed by atoms with E-state index in [2.05, 4.69) is 31.2 Å². The minimum atomic E-state index is -0.291. The molecule has 1 aromatic carbocycles. The first-order valence-corrected chi connectivity index (χ1v) is 6.49. The Morgan fingerprint density at radius 3 is 2.62 bits per heavy atom. The molecule has 0 spiro atoms. The van der Waals surface area contributed by atoms with Gasteiger partial charge in [-0.05, 0) is 55.6 Å². The topological polar surface area (TPSA) is 20.2 Å². The number of aliphatic hydroxyl groups is 1. The Bertz CT molecular complexity index is 386. The molecule has 0 aromatic heterocycles. The minimum absolute atomic E-state index is 0.291. The Morgan fingerprint density at radius 2 is 1.94 bits per heavy atom. The van der Waals surface area contributed by atoms with E-state index in [1.807, 2.05) is 0 Å². The second kappa shape index (κ2) is 3.59. The van der Waals surface area contributed by atoms with Crippen LogP contribution in [0.25, 0.3) is 0 Å². The minimum Gasteiger partial charge on any atom is -0.389 e. The summed E-state index contributed by atoms with van der Waals surface area (Å²) in [7, 11) is 0. The average molecular weight is 216 g/mol. The van der Waals surface area contributed by atoms with Crippen LogP contribution >= 0.6 is 0 Å². The van der Waals surface area contributed by atoms with Gasteiger partial charge in [0.05, 0.1) is 5.60 Å². The summed E-state index contributed by atoms with van der Waals surface area (Å²) in [6.45, 7) is 2.16. The maximum absolute atomic E-state index is 10.5. The number of benzene rings is 1. The molecule has 2 aliphatic carbocycles. The summed E-state index contributed by atoms with van der Waals surface area (Å²) in [5, 5.41) is 10.5. The molecule has 0 saturated heterocycles. The van der Waals surface area contributed by atoms with Gasteiger partial charge in [0, 0.05) is 0 Å². The molecule has 0 radical (unpaired) electrons. The first-order chi connectivity index (χ1) is 7.72. The predicted molar refractivity (Wildman–Crippen MR) is 65.3 cm³/mol. The summed E-state index contributed by atoms with van der Waals surface area (Å²) in [5.74, 6) is 1.27. The molecule has 16 heavy (non-hydrogen) atoms. The van der Waals surface area contributed by atoms with Crippen LogP contribution in [-0.4, -0.2) is 10.7 Å². The van der Waals surface area contributed by atoms with Gasteiger partial charge < -0.3 is 5.11 Å². The summed E-state index contributed by atoms with van der Waals surface area (Å²) in [6, 6.07) is 8.53. The highest BCUT2D eigenvalue weighted by atomic mass is 16.3. The van der Waals surface area contributed by atoms with E-state index in [4.69, 9.17) is 0 Å². The largest absolute Gasteiger partial charge is 0.389 e. The second-order valence-corrected chi connectivity index (χ2v) is 5.56. The number of hydrogen-bond donors (Lipinski definition) is 1. The Balaban J connectivity index is 1.64. The third kappa shape index (κ3) is 1.49. The molecule has 0 amide bonds. The fourth-order valence-electron chi connectivity index (χ4n) is 3.64. The van der Waals surface area contributed by atoms with Gasteiger partial charge in [0.25, 0.3) is 0 Å². The van der Waals surface area contributed by atoms with E-state index in [1.165, 1.54) is 30.4 Å². The van der Waals surface area contributed by atoms with E-state index in [1.54, 1.807) is 0 Å². The van der Waals surface area contributed by atoms with Crippen LogP contribution in [-0.2, 0) is 6.42 Å². The van der Waals surface area contributed by atoms with Crippen molar-refractivity contribution in [2.75, 3.05) is 0 Å². The summed E-state index contributed by atoms with van der Waals surface area (Å²) < 4.78 is 0. The van der Waals surface area contributed by atoms with E-state index in [-0.39, 0.29) is 5.60 Å². The highest BCUT2D eigenvalue weighted by Crippen LogP contribution is 2.62. The lowest BCUT2D eigenvalue weighted by molar-refractivity contribution is 0.0970. The van der Waals surface area contributed by atoms with Gasteiger partial charge in [0.2, 0.25) is 0 Å². The first-order valence-electron chi connectivity index (χ1n) is 6.49. The highest BCUT2D eigenvalue weighted by molar-refractivity contribution is 5.27. The number of aryl methyl sites for hydroxylation is 2. The summed E-state index contributed by atoms with van der Waals surface area (Å²) in [5.41, 5.74) is 2.47. The zero-order chi connectivity index (χ0) is 11.2. The molecule has 2 unspecified atom stereocenters. The van der Waals surface area contributed by atoms with Crippen molar-refractivity contribution in [2.24, 2.45) is 11.8 Å². The number of hydrogen-bond acceptors (Lipinski definition) is 1. The van der Waals surface area contributed by atoms with Gasteiger partial charge in [0.1, 0.15) is 0 Å². The second-order valence-electron chi connectivity index (χ2n) is 5.56. The van der Waals surface area contributed by atoms with Crippen molar-refractivity contribution in [2.45, 2.75) is 44.6 Å². The van der Waals surface area contributed by atoms with E-state index in [0.717, 1.165) is 12.8 Å². The predicted octanol–water partition coefficient (Wildman–Crippen LogP) is 3.09. The maximum Gasteiger partial charge on any atom is 0.0714 e. The van der Waals surface area contributed by atoms with Crippen molar-refractivity contribution in [3.63, 3.8) is 0 Å². The lowest BCUT2D eigenvalue weighted by Gasteiger charge is -2.14. The normalized spacial score (nSPS) is 36.1. The molecule has 0 heterocycles. The Kier molecular flexibility index (Phi) is 2.32. The Hall–Kier alpha value is -0.820. The van der Waals surface area contributed by atoms with E-state index < -0.39 is 0 Å². The summed E-state index contributed by atoms with van der Waals surface area (Å²) in [6.07, 6.45) is 5.86. The number of fused-ring (bicyclic) bond motifs is 1. The van der Waals surface area contributed by atoms with Gasteiger partial charge in [-0.3, -0.25) is 0 Å². The van der Waals surface area contributed by atoms with Gasteiger partial charge in [-0.2, -0.15) is 0 Å². The molecule has 1 aromatic rings. The molecule has 2 atom stereocenters. The molecule has 3 rings (SSSR count). The van der Waals surface area contributed by atoms with Crippen molar-refractivity contribution in [1.29, 1.82) is 0 Å². The monoisotopic (exact) mass is 216 g/mol. The van der Waals surface area contributed by atoms with Crippen molar-refractivity contribution in [3.8, 4) is 0 Å². The average Bonchev–Trinajstić information content (AvgIpc) is 2.70. The highest BCUT2D eigenvalue weighted by Gasteiger charge is 2.64. The van der Waals surface area contributed by atoms with Crippen LogP contribution < -0.4 is 0 Å². The lowest BCUT2D eigenvalue weighted by Crippen LogP contribution is -2.16. The zero-order valence-electron chi connectivity index (χ0n) is 9.95. The van der Waals surface area contributed by atoms with Gasteiger partial charge in [-0.25, -0.2) is 0 Å². The standard InChI is InChI=1S/C15H20O/c1-11-5-2-3-6-12(11)9-10-15(16)13-7-4-8-14(13)15/h2-3,5-6,13-14,16H,4,7-10H2,1H3. The molecule has 0 aliphatic heterocycles. The molecular formula is C15H20O. The van der Waals surface area contributed by atoms with Crippen LogP contribution in [0.1, 0.15) is 36.8 Å². The van der Waals surface area contributed by atoms with Crippen molar-refractivity contribution >= 4 is 0 Å². The van der Waals surface area contributed by atoms with Crippen molar-refractivity contribution < 1.29 is 5.11 Å². The molecular weight excluding hydrogens is 196 g/mol. The molecule has 1 heteroatoms. The zero-order valence-corrected chi connectivity index (χ0v) is 9.95. The Labute approximate surface area is 97.5 Å². The lowest BCUT2D eigenvalue weighted by atomic mass is 9.97. The SMILES string of the molecule is Cc1ccccc1CCC1(O)C2CCCC21. The molecule has 2 fully saturated rings. The van der Waals surface area contributed by atoms with E-state index >= 15 is 0 Å². The third-order valence-corrected chi connectivity index (χ3v) is 4.75. The van der Waals surface area contributed by atoms with E-state index in [9.17, 15) is 5.11 Å². The third-order valence-electron chi connectivity index (χ3n) is 4.75. The molecule has 0 bridgehead atoms. The fourth-order valence-corrected chi connectivity index (χ4v) is 3.64. The van der Waals surface area contributed by atoms with Crippen LogP contribution in [0.2, 0.25) is 0 Å². The van der Waals surface area contributed by atoms with Gasteiger partial charge in [-0.1, -0.05) is 30.7 Å². The summed E-state index contributed by atoms with van der Waals surface area (Å²) in [4.78, 5) is 0.